The van der Waals surface area contributed by atoms with E-state index < -0.39 is 0 Å². The maximum atomic E-state index is 5.43. The molecular formula is C19H15N5O3S2. The van der Waals surface area contributed by atoms with E-state index in [4.69, 9.17) is 14.0 Å². The van der Waals surface area contributed by atoms with Gasteiger partial charge in [-0.05, 0) is 24.3 Å². The van der Waals surface area contributed by atoms with E-state index in [-0.39, 0.29) is 0 Å². The highest BCUT2D eigenvalue weighted by molar-refractivity contribution is 7.98. The third-order valence-corrected chi connectivity index (χ3v) is 6.28. The average Bonchev–Trinajstić information content (AvgIpc) is 3.47. The Balaban J connectivity index is 1.39. The molecule has 0 aliphatic heterocycles. The summed E-state index contributed by atoms with van der Waals surface area (Å²) >= 11 is 3.12. The molecule has 0 saturated heterocycles. The number of thioether (sulfide) groups is 1. The van der Waals surface area contributed by atoms with E-state index in [1.54, 1.807) is 31.6 Å². The van der Waals surface area contributed by atoms with E-state index in [9.17, 15) is 0 Å². The van der Waals surface area contributed by atoms with Crippen molar-refractivity contribution < 1.29 is 14.0 Å². The molecule has 0 spiro atoms. The Kier molecular flexibility index (Phi) is 4.57. The van der Waals surface area contributed by atoms with Gasteiger partial charge in [-0.15, -0.1) is 10.2 Å². The minimum absolute atomic E-state index is 0.465. The summed E-state index contributed by atoms with van der Waals surface area (Å²) in [5, 5.41) is 13.5. The number of ether oxygens (including phenoxy) is 2. The molecular weight excluding hydrogens is 410 g/mol. The second-order valence-corrected chi connectivity index (χ2v) is 7.99. The number of rotatable bonds is 6. The van der Waals surface area contributed by atoms with Crippen molar-refractivity contribution in [2.24, 2.45) is 0 Å². The van der Waals surface area contributed by atoms with Crippen LogP contribution in [0, 0.1) is 0 Å². The summed E-state index contributed by atoms with van der Waals surface area (Å²) in [6, 6.07) is 13.6. The molecule has 29 heavy (non-hydrogen) atoms. The summed E-state index contributed by atoms with van der Waals surface area (Å²) in [4.78, 5) is 5.36. The number of hydrogen-bond acceptors (Lipinski definition) is 9. The fraction of sp³-hybridized carbons (Fsp3) is 0.158. The van der Waals surface area contributed by atoms with Crippen molar-refractivity contribution in [1.82, 2.24) is 24.7 Å². The van der Waals surface area contributed by atoms with Crippen LogP contribution in [0.2, 0.25) is 0 Å². The zero-order valence-electron chi connectivity index (χ0n) is 15.5. The molecule has 0 bridgehead atoms. The third kappa shape index (κ3) is 3.19. The van der Waals surface area contributed by atoms with Crippen LogP contribution in [0.5, 0.6) is 11.5 Å². The van der Waals surface area contributed by atoms with Gasteiger partial charge in [-0.1, -0.05) is 40.4 Å². The van der Waals surface area contributed by atoms with Gasteiger partial charge in [-0.3, -0.25) is 4.40 Å². The van der Waals surface area contributed by atoms with Gasteiger partial charge in [-0.25, -0.2) is 0 Å². The number of thiazole rings is 1. The Hall–Kier alpha value is -3.11. The zero-order chi connectivity index (χ0) is 19.8. The average molecular weight is 425 g/mol. The maximum Gasteiger partial charge on any atom is 0.237 e. The Bertz CT molecular complexity index is 1310. The minimum Gasteiger partial charge on any atom is -0.497 e. The number of benzene rings is 2. The lowest BCUT2D eigenvalue weighted by Crippen LogP contribution is -1.92. The molecule has 3 heterocycles. The SMILES string of the molecule is COc1ccc(-c2noc(CSc3nnc4sc5ccccc5n34)n2)c(OC)c1. The van der Waals surface area contributed by atoms with Crippen LogP contribution in [0.3, 0.4) is 0 Å². The van der Waals surface area contributed by atoms with E-state index in [0.717, 1.165) is 21.2 Å². The normalized spacial score (nSPS) is 11.4. The van der Waals surface area contributed by atoms with Crippen molar-refractivity contribution in [2.45, 2.75) is 10.9 Å². The summed E-state index contributed by atoms with van der Waals surface area (Å²) in [5.74, 6) is 2.76. The predicted molar refractivity (Wildman–Crippen MR) is 111 cm³/mol. The second kappa shape index (κ2) is 7.37. The first-order chi connectivity index (χ1) is 14.3. The van der Waals surface area contributed by atoms with Gasteiger partial charge in [0.1, 0.15) is 11.5 Å². The quantitative estimate of drug-likeness (QED) is 0.372. The van der Waals surface area contributed by atoms with Crippen LogP contribution in [0.25, 0.3) is 26.6 Å². The van der Waals surface area contributed by atoms with E-state index in [1.807, 2.05) is 24.3 Å². The maximum absolute atomic E-state index is 5.43. The first-order valence-corrected chi connectivity index (χ1v) is 10.5. The molecule has 0 aliphatic rings. The lowest BCUT2D eigenvalue weighted by atomic mass is 10.2. The fourth-order valence-electron chi connectivity index (χ4n) is 2.98. The Morgan fingerprint density at radius 3 is 2.86 bits per heavy atom. The van der Waals surface area contributed by atoms with E-state index >= 15 is 0 Å². The molecule has 2 aromatic carbocycles. The Morgan fingerprint density at radius 1 is 1.10 bits per heavy atom. The summed E-state index contributed by atoms with van der Waals surface area (Å²) < 4.78 is 19.3. The number of hydrogen-bond donors (Lipinski definition) is 0. The smallest absolute Gasteiger partial charge is 0.237 e. The van der Waals surface area contributed by atoms with E-state index in [1.165, 1.54) is 16.5 Å². The van der Waals surface area contributed by atoms with Crippen LogP contribution < -0.4 is 9.47 Å². The fourth-order valence-corrected chi connectivity index (χ4v) is 4.79. The van der Waals surface area contributed by atoms with Crippen LogP contribution >= 0.6 is 23.1 Å². The summed E-state index contributed by atoms with van der Waals surface area (Å²) in [5.41, 5.74) is 1.83. The second-order valence-electron chi connectivity index (χ2n) is 6.04. The molecule has 5 aromatic rings. The van der Waals surface area contributed by atoms with Gasteiger partial charge in [0.15, 0.2) is 5.16 Å². The number of methoxy groups -OCH3 is 2. The van der Waals surface area contributed by atoms with Gasteiger partial charge in [-0.2, -0.15) is 4.98 Å². The number of para-hydroxylation sites is 1. The monoisotopic (exact) mass is 425 g/mol. The molecule has 0 atom stereocenters. The molecule has 3 aromatic heterocycles. The van der Waals surface area contributed by atoms with Gasteiger partial charge in [0.05, 0.1) is 35.8 Å². The van der Waals surface area contributed by atoms with E-state index in [2.05, 4.69) is 36.9 Å². The molecule has 0 fully saturated rings. The van der Waals surface area contributed by atoms with Crippen LogP contribution in [-0.4, -0.2) is 39.0 Å². The molecule has 146 valence electrons. The standard InChI is InChI=1S/C19H15N5O3S2/c1-25-11-7-8-12(14(9-11)26-2)17-20-16(27-23-17)10-28-18-21-22-19-24(18)13-5-3-4-6-15(13)29-19/h3-9H,10H2,1-2H3. The molecule has 0 aliphatic carbocycles. The predicted octanol–water partition coefficient (Wildman–Crippen LogP) is 4.30. The molecule has 0 saturated carbocycles. The van der Waals surface area contributed by atoms with Crippen molar-refractivity contribution in [2.75, 3.05) is 14.2 Å². The van der Waals surface area contributed by atoms with Crippen molar-refractivity contribution in [3.63, 3.8) is 0 Å². The molecule has 0 amide bonds. The first kappa shape index (κ1) is 18.0. The van der Waals surface area contributed by atoms with Crippen LogP contribution in [-0.2, 0) is 5.75 Å². The highest BCUT2D eigenvalue weighted by Crippen LogP contribution is 2.33. The third-order valence-electron chi connectivity index (χ3n) is 4.35. The van der Waals surface area contributed by atoms with Gasteiger partial charge >= 0.3 is 0 Å². The summed E-state index contributed by atoms with van der Waals surface area (Å²) in [6.07, 6.45) is 0. The largest absolute Gasteiger partial charge is 0.497 e. The number of nitrogens with zero attached hydrogens (tertiary/aromatic N) is 5. The van der Waals surface area contributed by atoms with Crippen LogP contribution in [0.15, 0.2) is 52.1 Å². The number of aromatic nitrogens is 5. The first-order valence-electron chi connectivity index (χ1n) is 8.67. The van der Waals surface area contributed by atoms with Crippen LogP contribution in [0.1, 0.15) is 5.89 Å². The molecule has 8 nitrogen and oxygen atoms in total. The summed E-state index contributed by atoms with van der Waals surface area (Å²) in [6.45, 7) is 0. The van der Waals surface area contributed by atoms with Crippen molar-refractivity contribution >= 4 is 38.3 Å². The number of fused-ring (bicyclic) bond motifs is 3. The van der Waals surface area contributed by atoms with Crippen molar-refractivity contribution in [1.29, 1.82) is 0 Å². The zero-order valence-corrected chi connectivity index (χ0v) is 17.2. The highest BCUT2D eigenvalue weighted by Gasteiger charge is 2.17. The minimum atomic E-state index is 0.465. The lowest BCUT2D eigenvalue weighted by molar-refractivity contribution is 0.388. The highest BCUT2D eigenvalue weighted by atomic mass is 32.2. The van der Waals surface area contributed by atoms with Gasteiger partial charge in [0.2, 0.25) is 16.7 Å². The van der Waals surface area contributed by atoms with Gasteiger partial charge < -0.3 is 14.0 Å². The molecule has 0 N–H and O–H groups in total. The van der Waals surface area contributed by atoms with E-state index in [0.29, 0.717) is 29.0 Å². The summed E-state index contributed by atoms with van der Waals surface area (Å²) in [7, 11) is 3.20. The van der Waals surface area contributed by atoms with Crippen molar-refractivity contribution in [3.8, 4) is 22.9 Å². The topological polar surface area (TPSA) is 87.6 Å². The molecule has 10 heteroatoms. The lowest BCUT2D eigenvalue weighted by Gasteiger charge is -2.07. The molecule has 5 rings (SSSR count). The van der Waals surface area contributed by atoms with Gasteiger partial charge in [0.25, 0.3) is 0 Å². The molecule has 0 radical (unpaired) electrons. The molecule has 0 unspecified atom stereocenters. The Labute approximate surface area is 173 Å². The van der Waals surface area contributed by atoms with Crippen molar-refractivity contribution in [3.05, 3.63) is 48.4 Å². The van der Waals surface area contributed by atoms with Gasteiger partial charge in [0, 0.05) is 6.07 Å². The Morgan fingerprint density at radius 2 is 2.00 bits per heavy atom. The van der Waals surface area contributed by atoms with Crippen LogP contribution in [0.4, 0.5) is 0 Å².